The molecule has 0 nitrogen and oxygen atoms in total. The molecule has 0 saturated heterocycles. The van der Waals surface area contributed by atoms with Crippen molar-refractivity contribution in [3.63, 3.8) is 0 Å². The fourth-order valence-corrected chi connectivity index (χ4v) is 3.37. The van der Waals surface area contributed by atoms with E-state index in [9.17, 15) is 0 Å². The average molecular weight is 210 g/mol. The smallest absolute Gasteiger partial charge is 0.0669 e. The second-order valence-electron chi connectivity index (χ2n) is 5.42. The van der Waals surface area contributed by atoms with Gasteiger partial charge < -0.3 is 0 Å². The first-order chi connectivity index (χ1) is 6.99. The molecule has 0 aromatic rings. The molecule has 3 atom stereocenters. The van der Waals surface area contributed by atoms with Gasteiger partial charge in [0.2, 0.25) is 0 Å². The maximum Gasteiger partial charge on any atom is 0.105 e. The van der Waals surface area contributed by atoms with E-state index in [1.54, 1.807) is 0 Å². The summed E-state index contributed by atoms with van der Waals surface area (Å²) in [5.74, 6) is 2.57. The summed E-state index contributed by atoms with van der Waals surface area (Å²) in [4.78, 5) is 0. The Bertz CT molecular complexity index is 161. The van der Waals surface area contributed by atoms with E-state index in [0.717, 1.165) is 17.7 Å². The van der Waals surface area contributed by atoms with Gasteiger partial charge >= 0.3 is 0 Å². The quantitative estimate of drug-likeness (QED) is 0.549. The lowest BCUT2D eigenvalue weighted by Gasteiger charge is -2.45. The molecular formula is C14H31B. The van der Waals surface area contributed by atoms with Gasteiger partial charge in [-0.2, -0.15) is 0 Å². The van der Waals surface area contributed by atoms with Crippen LogP contribution in [0.3, 0.4) is 0 Å². The molecule has 15 heavy (non-hydrogen) atoms. The molecule has 0 saturated carbocycles. The van der Waals surface area contributed by atoms with E-state index in [1.807, 2.05) is 0 Å². The third-order valence-corrected chi connectivity index (χ3v) is 5.31. The molecular weight excluding hydrogens is 179 g/mol. The molecule has 0 fully saturated rings. The average Bonchev–Trinajstić information content (AvgIpc) is 2.29. The molecule has 0 aliphatic heterocycles. The molecule has 0 aliphatic carbocycles. The van der Waals surface area contributed by atoms with E-state index in [0.29, 0.717) is 5.41 Å². The third kappa shape index (κ3) is 3.01. The Kier molecular flexibility index (Phi) is 6.63. The SMILES string of the molecule is BC(CC)C(C)C(CC)(CC)C(C)CC. The molecule has 1 heteroatoms. The van der Waals surface area contributed by atoms with Gasteiger partial charge in [0.15, 0.2) is 0 Å². The van der Waals surface area contributed by atoms with E-state index in [4.69, 9.17) is 0 Å². The van der Waals surface area contributed by atoms with Crippen LogP contribution in [0.25, 0.3) is 0 Å². The summed E-state index contributed by atoms with van der Waals surface area (Å²) in [5, 5.41) is 0. The second-order valence-corrected chi connectivity index (χ2v) is 5.42. The largest absolute Gasteiger partial charge is 0.105 e. The van der Waals surface area contributed by atoms with Crippen LogP contribution < -0.4 is 0 Å². The Hall–Kier alpha value is 0.0649. The van der Waals surface area contributed by atoms with E-state index < -0.39 is 0 Å². The standard InChI is InChI=1S/C14H31B/c1-7-11(5)14(9-3,10-4)12(6)13(15)8-2/h11-13H,7-10,15H2,1-6H3. The normalized spacial score (nSPS) is 18.5. The Morgan fingerprint density at radius 1 is 0.933 bits per heavy atom. The molecule has 0 heterocycles. The molecule has 0 bridgehead atoms. The van der Waals surface area contributed by atoms with Gasteiger partial charge in [-0.1, -0.05) is 60.2 Å². The lowest BCUT2D eigenvalue weighted by molar-refractivity contribution is 0.0691. The first kappa shape index (κ1) is 15.1. The molecule has 90 valence electrons. The van der Waals surface area contributed by atoms with Crippen LogP contribution in [0.1, 0.15) is 67.2 Å². The Morgan fingerprint density at radius 3 is 1.67 bits per heavy atom. The highest BCUT2D eigenvalue weighted by atomic mass is 14.4. The van der Waals surface area contributed by atoms with Crippen LogP contribution in [0.4, 0.5) is 0 Å². The summed E-state index contributed by atoms with van der Waals surface area (Å²) in [6.07, 6.45) is 5.32. The molecule has 0 amide bonds. The Labute approximate surface area is 98.6 Å². The van der Waals surface area contributed by atoms with Crippen LogP contribution in [0, 0.1) is 17.3 Å². The Balaban J connectivity index is 4.90. The molecule has 0 spiro atoms. The van der Waals surface area contributed by atoms with Crippen molar-refractivity contribution >= 4 is 7.85 Å². The highest BCUT2D eigenvalue weighted by Gasteiger charge is 2.38. The van der Waals surface area contributed by atoms with Crippen molar-refractivity contribution in [2.24, 2.45) is 17.3 Å². The molecule has 3 unspecified atom stereocenters. The van der Waals surface area contributed by atoms with Crippen LogP contribution in [0.5, 0.6) is 0 Å². The number of hydrogen-bond donors (Lipinski definition) is 0. The van der Waals surface area contributed by atoms with Gasteiger partial charge in [0.25, 0.3) is 0 Å². The summed E-state index contributed by atoms with van der Waals surface area (Å²) in [6, 6.07) is 0. The summed E-state index contributed by atoms with van der Waals surface area (Å²) in [5.41, 5.74) is 0.574. The highest BCUT2D eigenvalue weighted by Crippen LogP contribution is 2.48. The van der Waals surface area contributed by atoms with Crippen molar-refractivity contribution in [1.82, 2.24) is 0 Å². The fraction of sp³-hybridized carbons (Fsp3) is 1.00. The molecule has 0 radical (unpaired) electrons. The summed E-state index contributed by atoms with van der Waals surface area (Å²) >= 11 is 0. The predicted octanol–water partition coefficient (Wildman–Crippen LogP) is 4.31. The number of hydrogen-bond acceptors (Lipinski definition) is 0. The molecule has 0 rings (SSSR count). The van der Waals surface area contributed by atoms with E-state index in [2.05, 4.69) is 49.4 Å². The lowest BCUT2D eigenvalue weighted by atomic mass is 9.56. The summed E-state index contributed by atoms with van der Waals surface area (Å²) in [7, 11) is 2.42. The summed E-state index contributed by atoms with van der Waals surface area (Å²) in [6.45, 7) is 14.4. The van der Waals surface area contributed by atoms with Gasteiger partial charge in [-0.3, -0.25) is 0 Å². The van der Waals surface area contributed by atoms with Crippen molar-refractivity contribution in [2.75, 3.05) is 0 Å². The minimum atomic E-state index is 0.574. The van der Waals surface area contributed by atoms with Gasteiger partial charge in [0.05, 0.1) is 0 Å². The van der Waals surface area contributed by atoms with Crippen LogP contribution in [-0.2, 0) is 0 Å². The predicted molar refractivity (Wildman–Crippen MR) is 74.2 cm³/mol. The third-order valence-electron chi connectivity index (χ3n) is 5.31. The molecule has 0 aromatic carbocycles. The molecule has 0 N–H and O–H groups in total. The maximum atomic E-state index is 2.48. The van der Waals surface area contributed by atoms with Gasteiger partial charge in [0.1, 0.15) is 7.85 Å². The summed E-state index contributed by atoms with van der Waals surface area (Å²) < 4.78 is 0. The van der Waals surface area contributed by atoms with Crippen molar-refractivity contribution < 1.29 is 0 Å². The van der Waals surface area contributed by atoms with Crippen LogP contribution in [-0.4, -0.2) is 7.85 Å². The maximum absolute atomic E-state index is 2.48. The van der Waals surface area contributed by atoms with Crippen molar-refractivity contribution in [1.29, 1.82) is 0 Å². The van der Waals surface area contributed by atoms with Gasteiger partial charge in [-0.15, -0.1) is 0 Å². The van der Waals surface area contributed by atoms with Gasteiger partial charge in [-0.05, 0) is 30.1 Å². The molecule has 0 aliphatic rings. The highest BCUT2D eigenvalue weighted by molar-refractivity contribution is 6.11. The monoisotopic (exact) mass is 210 g/mol. The Morgan fingerprint density at radius 2 is 1.40 bits per heavy atom. The van der Waals surface area contributed by atoms with E-state index >= 15 is 0 Å². The van der Waals surface area contributed by atoms with Crippen molar-refractivity contribution in [2.45, 2.75) is 73.0 Å². The van der Waals surface area contributed by atoms with E-state index in [-0.39, 0.29) is 0 Å². The second kappa shape index (κ2) is 6.61. The van der Waals surface area contributed by atoms with Crippen molar-refractivity contribution in [3.05, 3.63) is 0 Å². The molecule has 0 aromatic heterocycles. The van der Waals surface area contributed by atoms with Crippen LogP contribution in [0.2, 0.25) is 5.82 Å². The first-order valence-electron chi connectivity index (χ1n) is 6.99. The zero-order chi connectivity index (χ0) is 12.1. The van der Waals surface area contributed by atoms with E-state index in [1.165, 1.54) is 25.7 Å². The first-order valence-corrected chi connectivity index (χ1v) is 6.99. The number of rotatable bonds is 7. The van der Waals surface area contributed by atoms with Crippen LogP contribution >= 0.6 is 0 Å². The zero-order valence-electron chi connectivity index (χ0n) is 12.1. The minimum Gasteiger partial charge on any atom is -0.0669 e. The van der Waals surface area contributed by atoms with Crippen molar-refractivity contribution in [3.8, 4) is 0 Å². The fourth-order valence-electron chi connectivity index (χ4n) is 3.37. The lowest BCUT2D eigenvalue weighted by Crippen LogP contribution is -2.36. The topological polar surface area (TPSA) is 0 Å². The van der Waals surface area contributed by atoms with Crippen LogP contribution in [0.15, 0.2) is 0 Å². The zero-order valence-corrected chi connectivity index (χ0v) is 12.1. The van der Waals surface area contributed by atoms with Gasteiger partial charge in [0, 0.05) is 0 Å². The van der Waals surface area contributed by atoms with Gasteiger partial charge in [-0.25, -0.2) is 0 Å². The minimum absolute atomic E-state index is 0.574.